The zero-order valence-electron chi connectivity index (χ0n) is 14.5. The van der Waals surface area contributed by atoms with Crippen LogP contribution in [0.4, 0.5) is 4.39 Å². The van der Waals surface area contributed by atoms with E-state index in [9.17, 15) is 9.18 Å². The predicted octanol–water partition coefficient (Wildman–Crippen LogP) is 1.94. The van der Waals surface area contributed by atoms with Gasteiger partial charge in [-0.3, -0.25) is 9.79 Å². The first-order chi connectivity index (χ1) is 11.6. The van der Waals surface area contributed by atoms with Crippen molar-refractivity contribution < 1.29 is 9.18 Å². The molecule has 1 aromatic rings. The van der Waals surface area contributed by atoms with E-state index in [0.717, 1.165) is 24.8 Å². The van der Waals surface area contributed by atoms with E-state index in [4.69, 9.17) is 0 Å². The van der Waals surface area contributed by atoms with Crippen LogP contribution >= 0.6 is 0 Å². The van der Waals surface area contributed by atoms with E-state index in [0.29, 0.717) is 32.0 Å². The monoisotopic (exact) mass is 334 g/mol. The zero-order valence-corrected chi connectivity index (χ0v) is 14.5. The molecule has 0 atom stereocenters. The smallest absolute Gasteiger partial charge is 0.221 e. The second-order valence-electron chi connectivity index (χ2n) is 6.24. The number of halogens is 1. The molecule has 132 valence electrons. The molecule has 3 N–H and O–H groups in total. The average molecular weight is 334 g/mol. The molecule has 0 aliphatic heterocycles. The molecule has 24 heavy (non-hydrogen) atoms. The molecule has 5 nitrogen and oxygen atoms in total. The molecule has 1 saturated carbocycles. The molecule has 1 fully saturated rings. The van der Waals surface area contributed by atoms with Crippen molar-refractivity contribution in [3.8, 4) is 0 Å². The number of guanidine groups is 1. The molecule has 1 aromatic carbocycles. The van der Waals surface area contributed by atoms with E-state index in [1.54, 1.807) is 19.2 Å². The molecule has 1 aliphatic rings. The van der Waals surface area contributed by atoms with Crippen molar-refractivity contribution in [2.45, 2.75) is 38.0 Å². The van der Waals surface area contributed by atoms with Gasteiger partial charge in [-0.05, 0) is 37.0 Å². The summed E-state index contributed by atoms with van der Waals surface area (Å²) in [4.78, 5) is 15.7. The molecular formula is C18H27FN4O. The van der Waals surface area contributed by atoms with Gasteiger partial charge in [0.05, 0.1) is 0 Å². The number of nitrogens with one attached hydrogen (secondary N) is 3. The minimum Gasteiger partial charge on any atom is -0.356 e. The van der Waals surface area contributed by atoms with Crippen molar-refractivity contribution in [3.05, 3.63) is 35.6 Å². The first-order valence-corrected chi connectivity index (χ1v) is 8.57. The van der Waals surface area contributed by atoms with Gasteiger partial charge in [-0.1, -0.05) is 19.1 Å². The second kappa shape index (κ2) is 8.66. The zero-order chi connectivity index (χ0) is 17.4. The summed E-state index contributed by atoms with van der Waals surface area (Å²) in [6.45, 7) is 3.97. The Bertz CT molecular complexity index is 584. The summed E-state index contributed by atoms with van der Waals surface area (Å²) < 4.78 is 13.4. The maximum absolute atomic E-state index is 13.4. The van der Waals surface area contributed by atoms with Crippen LogP contribution in [0.5, 0.6) is 0 Å². The minimum atomic E-state index is -0.195. The van der Waals surface area contributed by atoms with Crippen LogP contribution in [-0.2, 0) is 10.2 Å². The summed E-state index contributed by atoms with van der Waals surface area (Å²) in [5.41, 5.74) is 1.03. The Hall–Kier alpha value is -2.11. The fraction of sp³-hybridized carbons (Fsp3) is 0.556. The Morgan fingerprint density at radius 1 is 1.25 bits per heavy atom. The fourth-order valence-corrected chi connectivity index (χ4v) is 2.66. The molecule has 2 rings (SSSR count). The van der Waals surface area contributed by atoms with Crippen molar-refractivity contribution in [1.82, 2.24) is 16.0 Å². The van der Waals surface area contributed by atoms with Gasteiger partial charge in [-0.15, -0.1) is 0 Å². The lowest BCUT2D eigenvalue weighted by atomic mass is 9.96. The molecule has 0 aromatic heterocycles. The topological polar surface area (TPSA) is 65.5 Å². The lowest BCUT2D eigenvalue weighted by Crippen LogP contribution is -2.42. The molecule has 0 radical (unpaired) electrons. The number of benzene rings is 1. The third-order valence-electron chi connectivity index (χ3n) is 4.33. The number of rotatable bonds is 8. The number of carbonyl (C=O) groups excluding carboxylic acids is 1. The average Bonchev–Trinajstić information content (AvgIpc) is 3.37. The van der Waals surface area contributed by atoms with Crippen LogP contribution in [0.2, 0.25) is 0 Å². The maximum atomic E-state index is 13.4. The van der Waals surface area contributed by atoms with Crippen LogP contribution in [-0.4, -0.2) is 38.5 Å². The quantitative estimate of drug-likeness (QED) is 0.503. The third kappa shape index (κ3) is 5.22. The molecule has 6 heteroatoms. The van der Waals surface area contributed by atoms with Gasteiger partial charge in [0, 0.05) is 38.5 Å². The fourth-order valence-electron chi connectivity index (χ4n) is 2.66. The van der Waals surface area contributed by atoms with Gasteiger partial charge in [-0.25, -0.2) is 4.39 Å². The van der Waals surface area contributed by atoms with E-state index in [1.165, 1.54) is 6.07 Å². The molecular weight excluding hydrogens is 307 g/mol. The van der Waals surface area contributed by atoms with E-state index < -0.39 is 0 Å². The van der Waals surface area contributed by atoms with Gasteiger partial charge in [0.1, 0.15) is 5.82 Å². The molecule has 1 amide bonds. The van der Waals surface area contributed by atoms with Gasteiger partial charge in [0.2, 0.25) is 5.91 Å². The number of aliphatic imine (C=N–C) groups is 1. The summed E-state index contributed by atoms with van der Waals surface area (Å²) in [6, 6.07) is 6.82. The van der Waals surface area contributed by atoms with E-state index in [2.05, 4.69) is 20.9 Å². The Morgan fingerprint density at radius 2 is 2.04 bits per heavy atom. The third-order valence-corrected chi connectivity index (χ3v) is 4.33. The molecule has 0 spiro atoms. The van der Waals surface area contributed by atoms with Crippen LogP contribution in [0.15, 0.2) is 29.3 Å². The first kappa shape index (κ1) is 18.2. The summed E-state index contributed by atoms with van der Waals surface area (Å²) in [5, 5.41) is 9.28. The number of carbonyl (C=O) groups is 1. The summed E-state index contributed by atoms with van der Waals surface area (Å²) >= 11 is 0. The van der Waals surface area contributed by atoms with Crippen LogP contribution in [0.25, 0.3) is 0 Å². The predicted molar refractivity (Wildman–Crippen MR) is 94.6 cm³/mol. The molecule has 0 saturated heterocycles. The van der Waals surface area contributed by atoms with Gasteiger partial charge in [0.25, 0.3) is 0 Å². The standard InChI is InChI=1S/C18H27FN4O/c1-3-10-21-16(24)7-11-22-17(20-2)23-13-18(8-9-18)14-5-4-6-15(19)12-14/h4-6,12H,3,7-11,13H2,1-2H3,(H,21,24)(H2,20,22,23). The second-order valence-corrected chi connectivity index (χ2v) is 6.24. The van der Waals surface area contributed by atoms with Crippen LogP contribution < -0.4 is 16.0 Å². The Balaban J connectivity index is 1.77. The van der Waals surface area contributed by atoms with E-state index >= 15 is 0 Å². The number of nitrogens with zero attached hydrogens (tertiary/aromatic N) is 1. The van der Waals surface area contributed by atoms with Crippen molar-refractivity contribution in [1.29, 1.82) is 0 Å². The highest BCUT2D eigenvalue weighted by Crippen LogP contribution is 2.47. The maximum Gasteiger partial charge on any atom is 0.221 e. The normalized spacial score (nSPS) is 15.7. The minimum absolute atomic E-state index is 0.00176. The summed E-state index contributed by atoms with van der Waals surface area (Å²) in [6.07, 6.45) is 3.43. The van der Waals surface area contributed by atoms with Gasteiger partial charge in [-0.2, -0.15) is 0 Å². The van der Waals surface area contributed by atoms with Gasteiger partial charge in [0.15, 0.2) is 5.96 Å². The van der Waals surface area contributed by atoms with Crippen molar-refractivity contribution in [2.75, 3.05) is 26.7 Å². The molecule has 0 heterocycles. The van der Waals surface area contributed by atoms with Gasteiger partial charge >= 0.3 is 0 Å². The Kier molecular flexibility index (Phi) is 6.58. The highest BCUT2D eigenvalue weighted by molar-refractivity contribution is 5.81. The number of hydrogen-bond acceptors (Lipinski definition) is 2. The lowest BCUT2D eigenvalue weighted by Gasteiger charge is -2.19. The Morgan fingerprint density at radius 3 is 2.67 bits per heavy atom. The SMILES string of the molecule is CCCNC(=O)CCNC(=NC)NCC1(c2cccc(F)c2)CC1. The first-order valence-electron chi connectivity index (χ1n) is 8.57. The largest absolute Gasteiger partial charge is 0.356 e. The van der Waals surface area contributed by atoms with E-state index in [-0.39, 0.29) is 17.1 Å². The summed E-state index contributed by atoms with van der Waals surface area (Å²) in [7, 11) is 1.70. The summed E-state index contributed by atoms with van der Waals surface area (Å²) in [5.74, 6) is 0.513. The van der Waals surface area contributed by atoms with Crippen LogP contribution in [0, 0.1) is 5.82 Å². The Labute approximate surface area is 143 Å². The van der Waals surface area contributed by atoms with Crippen molar-refractivity contribution >= 4 is 11.9 Å². The highest BCUT2D eigenvalue weighted by atomic mass is 19.1. The molecule has 0 bridgehead atoms. The van der Waals surface area contributed by atoms with Gasteiger partial charge < -0.3 is 16.0 Å². The lowest BCUT2D eigenvalue weighted by molar-refractivity contribution is -0.120. The van der Waals surface area contributed by atoms with Crippen LogP contribution in [0.1, 0.15) is 38.2 Å². The highest BCUT2D eigenvalue weighted by Gasteiger charge is 2.44. The molecule has 1 aliphatic carbocycles. The number of hydrogen-bond donors (Lipinski definition) is 3. The number of amides is 1. The van der Waals surface area contributed by atoms with Crippen molar-refractivity contribution in [3.63, 3.8) is 0 Å². The van der Waals surface area contributed by atoms with Crippen LogP contribution in [0.3, 0.4) is 0 Å². The van der Waals surface area contributed by atoms with Crippen molar-refractivity contribution in [2.24, 2.45) is 4.99 Å². The van der Waals surface area contributed by atoms with E-state index in [1.807, 2.05) is 13.0 Å². The molecule has 0 unspecified atom stereocenters.